The lowest BCUT2D eigenvalue weighted by Gasteiger charge is -2.30. The Bertz CT molecular complexity index is 525. The second-order valence-corrected chi connectivity index (χ2v) is 6.56. The first-order chi connectivity index (χ1) is 10.1. The molecule has 0 aliphatic carbocycles. The summed E-state index contributed by atoms with van der Waals surface area (Å²) >= 11 is 5.07. The summed E-state index contributed by atoms with van der Waals surface area (Å²) in [6, 6.07) is 7.85. The number of hydrogen-bond acceptors (Lipinski definition) is 4. The number of thioether (sulfide) groups is 1. The highest BCUT2D eigenvalue weighted by Crippen LogP contribution is 2.27. The lowest BCUT2D eigenvalue weighted by molar-refractivity contribution is -0.159. The van der Waals surface area contributed by atoms with Crippen molar-refractivity contribution < 1.29 is 19.4 Å². The van der Waals surface area contributed by atoms with Gasteiger partial charge >= 0.3 is 5.97 Å². The number of morpholine rings is 1. The van der Waals surface area contributed by atoms with Crippen molar-refractivity contribution in [1.82, 2.24) is 4.90 Å². The van der Waals surface area contributed by atoms with Crippen molar-refractivity contribution in [2.75, 3.05) is 25.4 Å². The van der Waals surface area contributed by atoms with Crippen LogP contribution in [0.1, 0.15) is 6.42 Å². The van der Waals surface area contributed by atoms with E-state index in [1.807, 2.05) is 24.3 Å². The molecule has 1 heterocycles. The molecule has 1 atom stereocenters. The number of ether oxygens (including phenoxy) is 1. The number of benzene rings is 1. The number of rotatable bonds is 5. The number of hydrogen-bond donors (Lipinski definition) is 1. The van der Waals surface area contributed by atoms with Gasteiger partial charge in [-0.25, -0.2) is 4.79 Å². The van der Waals surface area contributed by atoms with Crippen LogP contribution < -0.4 is 0 Å². The summed E-state index contributed by atoms with van der Waals surface area (Å²) in [4.78, 5) is 25.6. The molecule has 5 nitrogen and oxygen atoms in total. The highest BCUT2D eigenvalue weighted by Gasteiger charge is 2.28. The fourth-order valence-electron chi connectivity index (χ4n) is 1.99. The molecule has 1 amide bonds. The Labute approximate surface area is 135 Å². The number of aliphatic carboxylic acids is 1. The summed E-state index contributed by atoms with van der Waals surface area (Å²) in [6.45, 7) is 0.871. The van der Waals surface area contributed by atoms with Gasteiger partial charge in [-0.2, -0.15) is 0 Å². The molecular weight excluding hydrogens is 358 g/mol. The number of carboxylic acid groups (broad SMARTS) is 1. The third-order valence-electron chi connectivity index (χ3n) is 3.10. The van der Waals surface area contributed by atoms with E-state index in [0.717, 1.165) is 9.37 Å². The van der Waals surface area contributed by atoms with Crippen LogP contribution in [-0.4, -0.2) is 53.4 Å². The molecule has 21 heavy (non-hydrogen) atoms. The maximum Gasteiger partial charge on any atom is 0.334 e. The van der Waals surface area contributed by atoms with Gasteiger partial charge in [-0.1, -0.05) is 12.1 Å². The average Bonchev–Trinajstić information content (AvgIpc) is 2.49. The molecule has 0 bridgehead atoms. The fourth-order valence-corrected chi connectivity index (χ4v) is 3.50. The Kier molecular flexibility index (Phi) is 6.08. The molecule has 7 heteroatoms. The molecule has 0 aromatic heterocycles. The van der Waals surface area contributed by atoms with Gasteiger partial charge in [-0.15, -0.1) is 11.8 Å². The van der Waals surface area contributed by atoms with Gasteiger partial charge in [0.25, 0.3) is 0 Å². The van der Waals surface area contributed by atoms with Crippen LogP contribution in [-0.2, 0) is 14.3 Å². The van der Waals surface area contributed by atoms with Crippen LogP contribution in [0.2, 0.25) is 0 Å². The predicted octanol–water partition coefficient (Wildman–Crippen LogP) is 2.24. The smallest absolute Gasteiger partial charge is 0.334 e. The van der Waals surface area contributed by atoms with Gasteiger partial charge in [0, 0.05) is 28.1 Å². The molecule has 1 N–H and O–H groups in total. The Morgan fingerprint density at radius 3 is 2.90 bits per heavy atom. The molecule has 1 unspecified atom stereocenters. The largest absolute Gasteiger partial charge is 0.479 e. The van der Waals surface area contributed by atoms with Crippen LogP contribution in [0.15, 0.2) is 33.6 Å². The van der Waals surface area contributed by atoms with E-state index < -0.39 is 12.1 Å². The minimum Gasteiger partial charge on any atom is -0.479 e. The van der Waals surface area contributed by atoms with Gasteiger partial charge in [0.1, 0.15) is 0 Å². The molecule has 114 valence electrons. The highest BCUT2D eigenvalue weighted by molar-refractivity contribution is 9.10. The summed E-state index contributed by atoms with van der Waals surface area (Å²) in [5.41, 5.74) is 0. The molecule has 2 rings (SSSR count). The molecule has 0 spiro atoms. The van der Waals surface area contributed by atoms with Crippen molar-refractivity contribution >= 4 is 39.6 Å². The lowest BCUT2D eigenvalue weighted by atomic mass is 10.2. The molecule has 0 radical (unpaired) electrons. The van der Waals surface area contributed by atoms with Gasteiger partial charge in [0.15, 0.2) is 6.10 Å². The van der Waals surface area contributed by atoms with Crippen molar-refractivity contribution in [3.8, 4) is 0 Å². The zero-order valence-electron chi connectivity index (χ0n) is 11.3. The van der Waals surface area contributed by atoms with Gasteiger partial charge in [0.2, 0.25) is 5.91 Å². The monoisotopic (exact) mass is 373 g/mol. The zero-order valence-corrected chi connectivity index (χ0v) is 13.7. The number of amides is 1. The van der Waals surface area contributed by atoms with E-state index >= 15 is 0 Å². The molecular formula is C14H16BrNO4S. The van der Waals surface area contributed by atoms with E-state index in [9.17, 15) is 9.59 Å². The lowest BCUT2D eigenvalue weighted by Crippen LogP contribution is -2.48. The average molecular weight is 374 g/mol. The van der Waals surface area contributed by atoms with Gasteiger partial charge in [-0.05, 0) is 28.1 Å². The molecule has 1 saturated heterocycles. The second kappa shape index (κ2) is 7.82. The van der Waals surface area contributed by atoms with Crippen molar-refractivity contribution in [2.24, 2.45) is 0 Å². The number of carbonyl (C=O) groups excluding carboxylic acids is 1. The fraction of sp³-hybridized carbons (Fsp3) is 0.429. The van der Waals surface area contributed by atoms with Gasteiger partial charge in [-0.3, -0.25) is 4.79 Å². The molecule has 1 aliphatic rings. The molecule has 0 saturated carbocycles. The number of carbonyl (C=O) groups is 2. The van der Waals surface area contributed by atoms with E-state index in [1.54, 1.807) is 16.7 Å². The standard InChI is InChI=1S/C14H16BrNO4S/c15-10-3-1-2-4-12(10)21-8-5-13(17)16-6-7-20-11(9-16)14(18)19/h1-4,11H,5-9H2,(H,18,19). The minimum atomic E-state index is -1.02. The van der Waals surface area contributed by atoms with Crippen molar-refractivity contribution in [2.45, 2.75) is 17.4 Å². The van der Waals surface area contributed by atoms with Crippen LogP contribution in [0.3, 0.4) is 0 Å². The maximum atomic E-state index is 12.1. The van der Waals surface area contributed by atoms with Crippen molar-refractivity contribution in [3.63, 3.8) is 0 Å². The normalized spacial score (nSPS) is 18.5. The van der Waals surface area contributed by atoms with E-state index in [2.05, 4.69) is 15.9 Å². The highest BCUT2D eigenvalue weighted by atomic mass is 79.9. The summed E-state index contributed by atoms with van der Waals surface area (Å²) in [5.74, 6) is -0.379. The Morgan fingerprint density at radius 2 is 2.19 bits per heavy atom. The summed E-state index contributed by atoms with van der Waals surface area (Å²) < 4.78 is 6.12. The summed E-state index contributed by atoms with van der Waals surface area (Å²) in [6.07, 6.45) is -0.517. The first kappa shape index (κ1) is 16.3. The Morgan fingerprint density at radius 1 is 1.43 bits per heavy atom. The van der Waals surface area contributed by atoms with E-state index in [4.69, 9.17) is 9.84 Å². The maximum absolute atomic E-state index is 12.1. The van der Waals surface area contributed by atoms with Crippen molar-refractivity contribution in [3.05, 3.63) is 28.7 Å². The van der Waals surface area contributed by atoms with Gasteiger partial charge in [0.05, 0.1) is 13.2 Å². The minimum absolute atomic E-state index is 0.0240. The second-order valence-electron chi connectivity index (χ2n) is 4.57. The van der Waals surface area contributed by atoms with E-state index in [-0.39, 0.29) is 19.1 Å². The van der Waals surface area contributed by atoms with Crippen LogP contribution in [0.25, 0.3) is 0 Å². The SMILES string of the molecule is O=C(O)C1CN(C(=O)CCSc2ccccc2Br)CCO1. The Hall–Kier alpha value is -1.05. The molecule has 1 aliphatic heterocycles. The zero-order chi connectivity index (χ0) is 15.2. The number of halogens is 1. The van der Waals surface area contributed by atoms with Crippen LogP contribution in [0.5, 0.6) is 0 Å². The topological polar surface area (TPSA) is 66.8 Å². The van der Waals surface area contributed by atoms with E-state index in [0.29, 0.717) is 18.7 Å². The van der Waals surface area contributed by atoms with Gasteiger partial charge < -0.3 is 14.7 Å². The Balaban J connectivity index is 1.79. The molecule has 1 aromatic rings. The molecule has 1 aromatic carbocycles. The van der Waals surface area contributed by atoms with Crippen LogP contribution in [0.4, 0.5) is 0 Å². The summed E-state index contributed by atoms with van der Waals surface area (Å²) in [5, 5.41) is 8.92. The first-order valence-corrected chi connectivity index (χ1v) is 8.35. The van der Waals surface area contributed by atoms with Crippen LogP contribution in [0, 0.1) is 0 Å². The summed E-state index contributed by atoms with van der Waals surface area (Å²) in [7, 11) is 0. The van der Waals surface area contributed by atoms with Crippen molar-refractivity contribution in [1.29, 1.82) is 0 Å². The van der Waals surface area contributed by atoms with E-state index in [1.165, 1.54) is 0 Å². The first-order valence-electron chi connectivity index (χ1n) is 6.57. The third kappa shape index (κ3) is 4.72. The number of carboxylic acids is 1. The number of nitrogens with zero attached hydrogens (tertiary/aromatic N) is 1. The quantitative estimate of drug-likeness (QED) is 0.801. The predicted molar refractivity (Wildman–Crippen MR) is 83.4 cm³/mol. The molecule has 1 fully saturated rings. The van der Waals surface area contributed by atoms with Crippen LogP contribution >= 0.6 is 27.7 Å². The third-order valence-corrected chi connectivity index (χ3v) is 5.13.